The predicted molar refractivity (Wildman–Crippen MR) is 84.5 cm³/mol. The summed E-state index contributed by atoms with van der Waals surface area (Å²) in [6.45, 7) is 3.86. The summed E-state index contributed by atoms with van der Waals surface area (Å²) >= 11 is 9.26. The third-order valence-electron chi connectivity index (χ3n) is 2.51. The van der Waals surface area contributed by atoms with Crippen molar-refractivity contribution in [1.82, 2.24) is 9.97 Å². The van der Waals surface area contributed by atoms with Crippen LogP contribution in [0.25, 0.3) is 0 Å². The number of halogens is 2. The zero-order valence-corrected chi connectivity index (χ0v) is 14.4. The molecule has 0 fully saturated rings. The first-order chi connectivity index (χ1) is 9.83. The van der Waals surface area contributed by atoms with Crippen LogP contribution in [0, 0.1) is 6.92 Å². The Hall–Kier alpha value is -1.25. The molecule has 0 amide bonds. The van der Waals surface area contributed by atoms with E-state index in [0.29, 0.717) is 27.7 Å². The maximum atomic E-state index is 12.3. The first kappa shape index (κ1) is 16.1. The van der Waals surface area contributed by atoms with E-state index in [1.54, 1.807) is 19.9 Å². The third kappa shape index (κ3) is 3.69. The van der Waals surface area contributed by atoms with Gasteiger partial charge in [-0.25, -0.2) is 4.98 Å². The molecular weight excluding hydrogens is 382 g/mol. The fourth-order valence-electron chi connectivity index (χ4n) is 1.66. The van der Waals surface area contributed by atoms with Crippen molar-refractivity contribution < 1.29 is 13.2 Å². The molecule has 1 heterocycles. The molecule has 0 unspecified atom stereocenters. The number of hydrogen-bond donors (Lipinski definition) is 2. The summed E-state index contributed by atoms with van der Waals surface area (Å²) in [5, 5.41) is 0.349. The molecule has 1 aromatic heterocycles. The Balaban J connectivity index is 2.43. The molecule has 6 nitrogen and oxygen atoms in total. The minimum absolute atomic E-state index is 0.0291. The Morgan fingerprint density at radius 1 is 1.48 bits per heavy atom. The van der Waals surface area contributed by atoms with Crippen molar-refractivity contribution in [3.63, 3.8) is 0 Å². The lowest BCUT2D eigenvalue weighted by Gasteiger charge is -2.14. The Morgan fingerprint density at radius 2 is 2.19 bits per heavy atom. The van der Waals surface area contributed by atoms with Gasteiger partial charge in [0.25, 0.3) is 10.0 Å². The standard InChI is InChI=1S/C12H13BrClN3O3S/c1-3-20-12-9(13)4-8(14)5-10(12)17-21(18,19)11-6-15-7(2)16-11/h4-6,17H,3H2,1-2H3,(H,15,16). The Labute approximate surface area is 136 Å². The van der Waals surface area contributed by atoms with E-state index in [4.69, 9.17) is 16.3 Å². The maximum Gasteiger partial charge on any atom is 0.279 e. The van der Waals surface area contributed by atoms with Crippen LogP contribution in [0.15, 0.2) is 27.8 Å². The minimum atomic E-state index is -3.79. The van der Waals surface area contributed by atoms with Crippen LogP contribution in [-0.4, -0.2) is 25.0 Å². The SMILES string of the molecule is CCOc1c(Br)cc(Cl)cc1NS(=O)(=O)c1cnc(C)[nH]1. The molecule has 0 aliphatic carbocycles. The molecule has 0 radical (unpaired) electrons. The zero-order chi connectivity index (χ0) is 15.6. The van der Waals surface area contributed by atoms with Gasteiger partial charge < -0.3 is 9.72 Å². The van der Waals surface area contributed by atoms with Crippen LogP contribution in [0.1, 0.15) is 12.7 Å². The summed E-state index contributed by atoms with van der Waals surface area (Å²) in [6.07, 6.45) is 1.25. The van der Waals surface area contributed by atoms with Gasteiger partial charge >= 0.3 is 0 Å². The molecule has 0 aliphatic heterocycles. The van der Waals surface area contributed by atoms with Gasteiger partial charge in [0.05, 0.1) is 23.0 Å². The van der Waals surface area contributed by atoms with E-state index < -0.39 is 10.0 Å². The van der Waals surface area contributed by atoms with Crippen molar-refractivity contribution in [1.29, 1.82) is 0 Å². The number of anilines is 1. The van der Waals surface area contributed by atoms with Crippen LogP contribution in [-0.2, 0) is 10.0 Å². The van der Waals surface area contributed by atoms with Crippen molar-refractivity contribution in [3.8, 4) is 5.75 Å². The average Bonchev–Trinajstić information content (AvgIpc) is 2.81. The monoisotopic (exact) mass is 393 g/mol. The summed E-state index contributed by atoms with van der Waals surface area (Å²) in [7, 11) is -3.79. The van der Waals surface area contributed by atoms with Gasteiger partial charge in [-0.05, 0) is 41.9 Å². The van der Waals surface area contributed by atoms with E-state index >= 15 is 0 Å². The molecule has 0 saturated heterocycles. The van der Waals surface area contributed by atoms with E-state index in [1.165, 1.54) is 12.3 Å². The highest BCUT2D eigenvalue weighted by atomic mass is 79.9. The minimum Gasteiger partial charge on any atom is -0.490 e. The molecule has 21 heavy (non-hydrogen) atoms. The van der Waals surface area contributed by atoms with Gasteiger partial charge in [0.2, 0.25) is 0 Å². The summed E-state index contributed by atoms with van der Waals surface area (Å²) in [5.74, 6) is 0.884. The molecule has 0 atom stereocenters. The number of nitrogens with zero attached hydrogens (tertiary/aromatic N) is 1. The van der Waals surface area contributed by atoms with Crippen LogP contribution >= 0.6 is 27.5 Å². The van der Waals surface area contributed by atoms with Crippen LogP contribution < -0.4 is 9.46 Å². The van der Waals surface area contributed by atoms with Gasteiger partial charge in [0.1, 0.15) is 5.82 Å². The lowest BCUT2D eigenvalue weighted by atomic mass is 10.3. The summed E-state index contributed by atoms with van der Waals surface area (Å²) in [6, 6.07) is 3.11. The second-order valence-corrected chi connectivity index (χ2v) is 7.08. The Bertz CT molecular complexity index is 761. The number of aromatic amines is 1. The van der Waals surface area contributed by atoms with Crippen molar-refractivity contribution >= 4 is 43.2 Å². The number of ether oxygens (including phenoxy) is 1. The highest BCUT2D eigenvalue weighted by Crippen LogP contribution is 2.37. The number of aromatic nitrogens is 2. The molecule has 0 saturated carbocycles. The van der Waals surface area contributed by atoms with Crippen LogP contribution in [0.5, 0.6) is 5.75 Å². The van der Waals surface area contributed by atoms with E-state index in [2.05, 4.69) is 30.6 Å². The number of nitrogens with one attached hydrogen (secondary N) is 2. The van der Waals surface area contributed by atoms with E-state index in [1.807, 2.05) is 0 Å². The second-order valence-electron chi connectivity index (χ2n) is 4.14. The second kappa shape index (κ2) is 6.25. The van der Waals surface area contributed by atoms with Gasteiger partial charge in [0.15, 0.2) is 10.8 Å². The van der Waals surface area contributed by atoms with Gasteiger partial charge in [-0.3, -0.25) is 4.72 Å². The molecule has 2 N–H and O–H groups in total. The molecule has 2 rings (SSSR count). The largest absolute Gasteiger partial charge is 0.490 e. The first-order valence-corrected chi connectivity index (χ1v) is 8.65. The summed E-state index contributed by atoms with van der Waals surface area (Å²) in [5.41, 5.74) is 0.253. The number of rotatable bonds is 5. The lowest BCUT2D eigenvalue weighted by molar-refractivity contribution is 0.340. The number of imidazole rings is 1. The number of hydrogen-bond acceptors (Lipinski definition) is 4. The van der Waals surface area contributed by atoms with Gasteiger partial charge in [-0.2, -0.15) is 8.42 Å². The third-order valence-corrected chi connectivity index (χ3v) is 4.59. The summed E-state index contributed by atoms with van der Waals surface area (Å²) < 4.78 is 33.1. The van der Waals surface area contributed by atoms with Gasteiger partial charge in [-0.15, -0.1) is 0 Å². The fourth-order valence-corrected chi connectivity index (χ4v) is 3.61. The Kier molecular flexibility index (Phi) is 4.80. The lowest BCUT2D eigenvalue weighted by Crippen LogP contribution is -2.14. The Morgan fingerprint density at radius 3 is 2.76 bits per heavy atom. The van der Waals surface area contributed by atoms with Crippen molar-refractivity contribution in [2.45, 2.75) is 18.9 Å². The molecule has 0 aliphatic rings. The predicted octanol–water partition coefficient (Wildman–Crippen LogP) is 3.33. The maximum absolute atomic E-state index is 12.3. The highest BCUT2D eigenvalue weighted by molar-refractivity contribution is 9.10. The van der Waals surface area contributed by atoms with Gasteiger partial charge in [0, 0.05) is 5.02 Å². The highest BCUT2D eigenvalue weighted by Gasteiger charge is 2.20. The fraction of sp³-hybridized carbons (Fsp3) is 0.250. The molecule has 1 aromatic carbocycles. The first-order valence-electron chi connectivity index (χ1n) is 5.99. The van der Waals surface area contributed by atoms with Crippen LogP contribution in [0.3, 0.4) is 0 Å². The van der Waals surface area contributed by atoms with Crippen LogP contribution in [0.4, 0.5) is 5.69 Å². The van der Waals surface area contributed by atoms with Gasteiger partial charge in [-0.1, -0.05) is 11.6 Å². The normalized spacial score (nSPS) is 11.4. The molecule has 0 bridgehead atoms. The number of aryl methyl sites for hydroxylation is 1. The molecule has 114 valence electrons. The molecule has 9 heteroatoms. The topological polar surface area (TPSA) is 84.1 Å². The van der Waals surface area contributed by atoms with Crippen molar-refractivity contribution in [3.05, 3.63) is 33.6 Å². The van der Waals surface area contributed by atoms with E-state index in [9.17, 15) is 8.42 Å². The smallest absolute Gasteiger partial charge is 0.279 e. The van der Waals surface area contributed by atoms with Crippen molar-refractivity contribution in [2.75, 3.05) is 11.3 Å². The van der Waals surface area contributed by atoms with E-state index in [-0.39, 0.29) is 10.7 Å². The van der Waals surface area contributed by atoms with Crippen molar-refractivity contribution in [2.24, 2.45) is 0 Å². The number of H-pyrrole nitrogens is 1. The average molecular weight is 395 g/mol. The number of benzene rings is 1. The molecule has 0 spiro atoms. The van der Waals surface area contributed by atoms with E-state index in [0.717, 1.165) is 0 Å². The molecular formula is C12H13BrClN3O3S. The molecule has 2 aromatic rings. The quantitative estimate of drug-likeness (QED) is 0.814. The zero-order valence-electron chi connectivity index (χ0n) is 11.3. The van der Waals surface area contributed by atoms with Crippen LogP contribution in [0.2, 0.25) is 5.02 Å². The number of sulfonamides is 1. The summed E-state index contributed by atoms with van der Waals surface area (Å²) in [4.78, 5) is 6.55.